The summed E-state index contributed by atoms with van der Waals surface area (Å²) in [6, 6.07) is 9.64. The molecular formula is C14H9ClF2N2O. The van der Waals surface area contributed by atoms with E-state index in [1.165, 1.54) is 18.3 Å². The number of carbonyl (C=O) groups is 1. The van der Waals surface area contributed by atoms with Crippen LogP contribution in [0.15, 0.2) is 47.6 Å². The van der Waals surface area contributed by atoms with Gasteiger partial charge in [0.25, 0.3) is 5.91 Å². The highest BCUT2D eigenvalue weighted by atomic mass is 35.5. The number of halogens is 3. The maximum absolute atomic E-state index is 12.9. The van der Waals surface area contributed by atoms with E-state index in [9.17, 15) is 13.6 Å². The van der Waals surface area contributed by atoms with Crippen molar-refractivity contribution in [1.29, 1.82) is 0 Å². The normalized spacial score (nSPS) is 10.8. The topological polar surface area (TPSA) is 41.5 Å². The highest BCUT2D eigenvalue weighted by Crippen LogP contribution is 2.10. The van der Waals surface area contributed by atoms with Gasteiger partial charge in [-0.1, -0.05) is 23.7 Å². The Kier molecular flexibility index (Phi) is 4.42. The van der Waals surface area contributed by atoms with Crippen molar-refractivity contribution in [2.45, 2.75) is 0 Å². The van der Waals surface area contributed by atoms with Gasteiger partial charge in [0.2, 0.25) is 0 Å². The summed E-state index contributed by atoms with van der Waals surface area (Å²) >= 11 is 5.76. The van der Waals surface area contributed by atoms with Crippen LogP contribution in [0.1, 0.15) is 15.9 Å². The highest BCUT2D eigenvalue weighted by molar-refractivity contribution is 6.30. The average molecular weight is 295 g/mol. The quantitative estimate of drug-likeness (QED) is 0.684. The molecule has 0 aliphatic rings. The van der Waals surface area contributed by atoms with Crippen LogP contribution in [-0.2, 0) is 0 Å². The molecule has 0 unspecified atom stereocenters. The molecular weight excluding hydrogens is 286 g/mol. The van der Waals surface area contributed by atoms with Crippen molar-refractivity contribution in [2.75, 3.05) is 0 Å². The van der Waals surface area contributed by atoms with Crippen molar-refractivity contribution in [3.8, 4) is 0 Å². The van der Waals surface area contributed by atoms with E-state index in [4.69, 9.17) is 11.6 Å². The summed E-state index contributed by atoms with van der Waals surface area (Å²) in [5.74, 6) is -2.37. The third-order valence-corrected chi connectivity index (χ3v) is 2.65. The molecule has 1 amide bonds. The third kappa shape index (κ3) is 3.61. The van der Waals surface area contributed by atoms with Crippen molar-refractivity contribution in [1.82, 2.24) is 5.43 Å². The zero-order chi connectivity index (χ0) is 14.5. The van der Waals surface area contributed by atoms with Crippen molar-refractivity contribution in [2.24, 2.45) is 5.10 Å². The third-order valence-electron chi connectivity index (χ3n) is 2.41. The van der Waals surface area contributed by atoms with Crippen LogP contribution in [0.5, 0.6) is 0 Å². The van der Waals surface area contributed by atoms with Crippen molar-refractivity contribution in [3.63, 3.8) is 0 Å². The fraction of sp³-hybridized carbons (Fsp3) is 0. The number of nitrogens with one attached hydrogen (secondary N) is 1. The van der Waals surface area contributed by atoms with Crippen LogP contribution in [0.2, 0.25) is 5.02 Å². The number of hydrazone groups is 1. The Morgan fingerprint density at radius 1 is 1.15 bits per heavy atom. The lowest BCUT2D eigenvalue weighted by Crippen LogP contribution is -2.17. The standard InChI is InChI=1S/C14H9ClF2N2O/c15-11-3-1-2-10(7-11)14(20)19-18-8-9-4-5-12(16)13(17)6-9/h1-8H,(H,19,20)/b18-8+. The number of nitrogens with zero attached hydrogens (tertiary/aromatic N) is 1. The smallest absolute Gasteiger partial charge is 0.267 e. The lowest BCUT2D eigenvalue weighted by atomic mass is 10.2. The highest BCUT2D eigenvalue weighted by Gasteiger charge is 2.04. The van der Waals surface area contributed by atoms with E-state index >= 15 is 0 Å². The van der Waals surface area contributed by atoms with Crippen LogP contribution in [0, 0.1) is 11.6 Å². The van der Waals surface area contributed by atoms with E-state index in [0.717, 1.165) is 12.1 Å². The van der Waals surface area contributed by atoms with Gasteiger partial charge in [0, 0.05) is 10.6 Å². The van der Waals surface area contributed by atoms with Crippen molar-refractivity contribution in [3.05, 3.63) is 70.2 Å². The molecule has 0 saturated carbocycles. The first-order chi connectivity index (χ1) is 9.56. The molecule has 6 heteroatoms. The number of amides is 1. The first-order valence-corrected chi connectivity index (χ1v) is 5.98. The van der Waals surface area contributed by atoms with Crippen LogP contribution in [0.3, 0.4) is 0 Å². The van der Waals surface area contributed by atoms with E-state index in [0.29, 0.717) is 16.1 Å². The predicted octanol–water partition coefficient (Wildman–Crippen LogP) is 3.38. The summed E-state index contributed by atoms with van der Waals surface area (Å²) in [4.78, 5) is 11.7. The summed E-state index contributed by atoms with van der Waals surface area (Å²) in [5, 5.41) is 4.09. The zero-order valence-corrected chi connectivity index (χ0v) is 10.9. The lowest BCUT2D eigenvalue weighted by molar-refractivity contribution is 0.0955. The van der Waals surface area contributed by atoms with E-state index in [1.807, 2.05) is 0 Å². The second-order valence-electron chi connectivity index (χ2n) is 3.88. The minimum Gasteiger partial charge on any atom is -0.267 e. The first-order valence-electron chi connectivity index (χ1n) is 5.60. The second-order valence-corrected chi connectivity index (χ2v) is 4.32. The minimum absolute atomic E-state index is 0.329. The van der Waals surface area contributed by atoms with Crippen molar-refractivity contribution >= 4 is 23.7 Å². The van der Waals surface area contributed by atoms with Crippen LogP contribution >= 0.6 is 11.6 Å². The Balaban J connectivity index is 2.02. The number of hydrogen-bond acceptors (Lipinski definition) is 2. The van der Waals surface area contributed by atoms with Gasteiger partial charge in [0.1, 0.15) is 0 Å². The zero-order valence-electron chi connectivity index (χ0n) is 10.1. The number of carbonyl (C=O) groups excluding carboxylic acids is 1. The lowest BCUT2D eigenvalue weighted by Gasteiger charge is -2.00. The Labute approximate surface area is 118 Å². The largest absolute Gasteiger partial charge is 0.271 e. The minimum atomic E-state index is -0.977. The molecule has 0 saturated heterocycles. The first kappa shape index (κ1) is 14.1. The van der Waals surface area contributed by atoms with Crippen LogP contribution < -0.4 is 5.43 Å². The van der Waals surface area contributed by atoms with Gasteiger partial charge in [0.15, 0.2) is 11.6 Å². The van der Waals surface area contributed by atoms with Crippen LogP contribution in [0.25, 0.3) is 0 Å². The molecule has 20 heavy (non-hydrogen) atoms. The number of benzene rings is 2. The molecule has 2 aromatic rings. The number of rotatable bonds is 3. The molecule has 0 heterocycles. The van der Waals surface area contributed by atoms with E-state index in [2.05, 4.69) is 10.5 Å². The Bertz CT molecular complexity index is 674. The van der Waals surface area contributed by atoms with E-state index in [1.54, 1.807) is 18.2 Å². The van der Waals surface area contributed by atoms with Gasteiger partial charge in [-0.15, -0.1) is 0 Å². The summed E-state index contributed by atoms with van der Waals surface area (Å²) in [6.07, 6.45) is 1.21. The Hall–Kier alpha value is -2.27. The molecule has 0 aromatic heterocycles. The SMILES string of the molecule is O=C(N/N=C/c1ccc(F)c(F)c1)c1cccc(Cl)c1. The molecule has 0 radical (unpaired) electrons. The number of hydrogen-bond donors (Lipinski definition) is 1. The molecule has 1 N–H and O–H groups in total. The summed E-state index contributed by atoms with van der Waals surface area (Å²) in [7, 11) is 0. The maximum atomic E-state index is 12.9. The van der Waals surface area contributed by atoms with Gasteiger partial charge < -0.3 is 0 Å². The Morgan fingerprint density at radius 2 is 1.95 bits per heavy atom. The van der Waals surface area contributed by atoms with Gasteiger partial charge in [-0.3, -0.25) is 4.79 Å². The molecule has 0 spiro atoms. The molecule has 3 nitrogen and oxygen atoms in total. The van der Waals surface area contributed by atoms with Gasteiger partial charge >= 0.3 is 0 Å². The predicted molar refractivity (Wildman–Crippen MR) is 72.9 cm³/mol. The van der Waals surface area contributed by atoms with Gasteiger partial charge in [-0.2, -0.15) is 5.10 Å². The second kappa shape index (κ2) is 6.25. The molecule has 0 fully saturated rings. The van der Waals surface area contributed by atoms with E-state index in [-0.39, 0.29) is 0 Å². The molecule has 0 atom stereocenters. The van der Waals surface area contributed by atoms with Crippen LogP contribution in [-0.4, -0.2) is 12.1 Å². The van der Waals surface area contributed by atoms with Gasteiger partial charge in [0.05, 0.1) is 6.21 Å². The fourth-order valence-electron chi connectivity index (χ4n) is 1.45. The molecule has 0 bridgehead atoms. The molecule has 102 valence electrons. The average Bonchev–Trinajstić information content (AvgIpc) is 2.42. The molecule has 2 rings (SSSR count). The van der Waals surface area contributed by atoms with Crippen molar-refractivity contribution < 1.29 is 13.6 Å². The van der Waals surface area contributed by atoms with Crippen LogP contribution in [0.4, 0.5) is 8.78 Å². The summed E-state index contributed by atoms with van der Waals surface area (Å²) < 4.78 is 25.6. The summed E-state index contributed by atoms with van der Waals surface area (Å²) in [6.45, 7) is 0. The fourth-order valence-corrected chi connectivity index (χ4v) is 1.64. The molecule has 2 aromatic carbocycles. The molecule has 0 aliphatic carbocycles. The Morgan fingerprint density at radius 3 is 2.65 bits per heavy atom. The van der Waals surface area contributed by atoms with E-state index < -0.39 is 17.5 Å². The summed E-state index contributed by atoms with van der Waals surface area (Å²) in [5.41, 5.74) is 2.94. The molecule has 0 aliphatic heterocycles. The monoisotopic (exact) mass is 294 g/mol. The maximum Gasteiger partial charge on any atom is 0.271 e. The van der Waals surface area contributed by atoms with Gasteiger partial charge in [-0.25, -0.2) is 14.2 Å². The van der Waals surface area contributed by atoms with Gasteiger partial charge in [-0.05, 0) is 35.9 Å².